The maximum absolute atomic E-state index is 12.6. The molecular weight excluding hydrogens is 374 g/mol. The summed E-state index contributed by atoms with van der Waals surface area (Å²) >= 11 is 0. The van der Waals surface area contributed by atoms with Gasteiger partial charge in [0.1, 0.15) is 5.75 Å². The molecule has 1 atom stereocenters. The molecule has 2 aromatic rings. The highest BCUT2D eigenvalue weighted by atomic mass is 32.2. The second kappa shape index (κ2) is 7.23. The van der Waals surface area contributed by atoms with Crippen molar-refractivity contribution in [2.24, 2.45) is 0 Å². The molecule has 3 rings (SSSR count). The van der Waals surface area contributed by atoms with E-state index in [0.29, 0.717) is 5.69 Å². The van der Waals surface area contributed by atoms with Gasteiger partial charge in [-0.3, -0.25) is 19.2 Å². The minimum absolute atomic E-state index is 0.0723. The van der Waals surface area contributed by atoms with E-state index in [1.165, 1.54) is 28.6 Å². The number of hydrogen-bond donors (Lipinski definition) is 1. The molecule has 0 unspecified atom stereocenters. The van der Waals surface area contributed by atoms with Gasteiger partial charge in [0, 0.05) is 30.8 Å². The molecule has 0 spiro atoms. The first-order chi connectivity index (χ1) is 12.8. The Hall–Kier alpha value is -3.14. The van der Waals surface area contributed by atoms with Gasteiger partial charge in [-0.05, 0) is 18.2 Å². The summed E-state index contributed by atoms with van der Waals surface area (Å²) in [7, 11) is -3.54. The SMILES string of the molecule is CS(=O)(=O)N1CC[C@@H](C(=O)Nc2cccc([N+](=O)[O-])c2)Oc2ccccc21. The molecule has 10 heteroatoms. The van der Waals surface area contributed by atoms with Crippen LogP contribution < -0.4 is 14.4 Å². The van der Waals surface area contributed by atoms with Gasteiger partial charge in [0.2, 0.25) is 10.0 Å². The van der Waals surface area contributed by atoms with Crippen LogP contribution in [0.15, 0.2) is 48.5 Å². The summed E-state index contributed by atoms with van der Waals surface area (Å²) in [6.45, 7) is 0.0723. The molecule has 0 aromatic heterocycles. The molecule has 9 nitrogen and oxygen atoms in total. The van der Waals surface area contributed by atoms with Crippen molar-refractivity contribution in [3.05, 3.63) is 58.6 Å². The number of hydrogen-bond acceptors (Lipinski definition) is 6. The summed E-state index contributed by atoms with van der Waals surface area (Å²) in [6.07, 6.45) is 0.271. The lowest BCUT2D eigenvalue weighted by molar-refractivity contribution is -0.384. The Kier molecular flexibility index (Phi) is 5.00. The quantitative estimate of drug-likeness (QED) is 0.630. The fraction of sp³-hybridized carbons (Fsp3) is 0.235. The number of fused-ring (bicyclic) bond motifs is 1. The zero-order valence-corrected chi connectivity index (χ0v) is 15.2. The monoisotopic (exact) mass is 391 g/mol. The average Bonchev–Trinajstić information content (AvgIpc) is 2.81. The van der Waals surface area contributed by atoms with Crippen molar-refractivity contribution < 1.29 is 22.9 Å². The molecule has 2 aromatic carbocycles. The molecular formula is C17H17N3O6S. The summed E-state index contributed by atoms with van der Waals surface area (Å²) in [5.41, 5.74) is 0.476. The number of para-hydroxylation sites is 2. The zero-order valence-electron chi connectivity index (χ0n) is 14.4. The predicted octanol–water partition coefficient (Wildman–Crippen LogP) is 2.15. The van der Waals surface area contributed by atoms with Crippen molar-refractivity contribution in [1.82, 2.24) is 0 Å². The highest BCUT2D eigenvalue weighted by Crippen LogP contribution is 2.34. The van der Waals surface area contributed by atoms with Crippen LogP contribution in [0, 0.1) is 10.1 Å². The summed E-state index contributed by atoms with van der Waals surface area (Å²) in [5.74, 6) is -0.236. The van der Waals surface area contributed by atoms with E-state index in [0.717, 1.165) is 6.26 Å². The third-order valence-corrected chi connectivity index (χ3v) is 5.19. The van der Waals surface area contributed by atoms with Crippen LogP contribution in [0.1, 0.15) is 6.42 Å². The van der Waals surface area contributed by atoms with Crippen molar-refractivity contribution in [2.75, 3.05) is 22.4 Å². The Balaban J connectivity index is 1.83. The second-order valence-corrected chi connectivity index (χ2v) is 7.90. The number of nitro groups is 1. The van der Waals surface area contributed by atoms with Crippen LogP contribution in [0.4, 0.5) is 17.1 Å². The minimum Gasteiger partial charge on any atom is -0.478 e. The van der Waals surface area contributed by atoms with Gasteiger partial charge in [0.25, 0.3) is 11.6 Å². The molecule has 1 aliphatic rings. The number of amides is 1. The van der Waals surface area contributed by atoms with Crippen molar-refractivity contribution in [2.45, 2.75) is 12.5 Å². The van der Waals surface area contributed by atoms with Gasteiger partial charge in [-0.2, -0.15) is 0 Å². The van der Waals surface area contributed by atoms with E-state index >= 15 is 0 Å². The third-order valence-electron chi connectivity index (χ3n) is 4.01. The number of ether oxygens (including phenoxy) is 1. The molecule has 1 N–H and O–H groups in total. The van der Waals surface area contributed by atoms with Crippen molar-refractivity contribution in [3.63, 3.8) is 0 Å². The van der Waals surface area contributed by atoms with E-state index in [9.17, 15) is 23.3 Å². The van der Waals surface area contributed by atoms with E-state index in [1.54, 1.807) is 24.3 Å². The predicted molar refractivity (Wildman–Crippen MR) is 99.4 cm³/mol. The van der Waals surface area contributed by atoms with Gasteiger partial charge in [-0.15, -0.1) is 0 Å². The molecule has 1 heterocycles. The lowest BCUT2D eigenvalue weighted by atomic mass is 10.2. The summed E-state index contributed by atoms with van der Waals surface area (Å²) in [5, 5.41) is 13.4. The number of non-ortho nitro benzene ring substituents is 1. The number of nitrogens with one attached hydrogen (secondary N) is 1. The van der Waals surface area contributed by atoms with Crippen LogP contribution >= 0.6 is 0 Å². The van der Waals surface area contributed by atoms with Gasteiger partial charge in [0.15, 0.2) is 6.10 Å². The Morgan fingerprint density at radius 3 is 2.70 bits per heavy atom. The number of sulfonamides is 1. The maximum atomic E-state index is 12.6. The largest absolute Gasteiger partial charge is 0.478 e. The molecule has 142 valence electrons. The average molecular weight is 391 g/mol. The van der Waals surface area contributed by atoms with E-state index < -0.39 is 27.0 Å². The Labute approximate surface area is 155 Å². The number of nitro benzene ring substituents is 1. The maximum Gasteiger partial charge on any atom is 0.271 e. The molecule has 0 aliphatic carbocycles. The molecule has 1 aliphatic heterocycles. The Morgan fingerprint density at radius 1 is 1.26 bits per heavy atom. The highest BCUT2D eigenvalue weighted by Gasteiger charge is 2.31. The van der Waals surface area contributed by atoms with Crippen LogP contribution in [0.2, 0.25) is 0 Å². The smallest absolute Gasteiger partial charge is 0.271 e. The zero-order chi connectivity index (χ0) is 19.6. The van der Waals surface area contributed by atoms with Gasteiger partial charge in [-0.25, -0.2) is 8.42 Å². The van der Waals surface area contributed by atoms with Crippen LogP contribution in [0.25, 0.3) is 0 Å². The van der Waals surface area contributed by atoms with Gasteiger partial charge in [-0.1, -0.05) is 18.2 Å². The van der Waals surface area contributed by atoms with Gasteiger partial charge in [0.05, 0.1) is 16.9 Å². The normalized spacial score (nSPS) is 16.6. The first-order valence-corrected chi connectivity index (χ1v) is 9.89. The number of rotatable bonds is 4. The molecule has 0 fully saturated rings. The minimum atomic E-state index is -3.54. The number of carbonyl (C=O) groups excluding carboxylic acids is 1. The van der Waals surface area contributed by atoms with Crippen LogP contribution in [0.3, 0.4) is 0 Å². The molecule has 0 radical (unpaired) electrons. The number of benzene rings is 2. The molecule has 0 saturated heterocycles. The lowest BCUT2D eigenvalue weighted by Crippen LogP contribution is -2.35. The molecule has 0 bridgehead atoms. The van der Waals surface area contributed by atoms with E-state index in [-0.39, 0.29) is 30.1 Å². The topological polar surface area (TPSA) is 119 Å². The molecule has 27 heavy (non-hydrogen) atoms. The van der Waals surface area contributed by atoms with Crippen molar-refractivity contribution >= 4 is 33.0 Å². The molecule has 1 amide bonds. The van der Waals surface area contributed by atoms with E-state index in [4.69, 9.17) is 4.74 Å². The summed E-state index contributed by atoms with van der Waals surface area (Å²) in [4.78, 5) is 22.9. The van der Waals surface area contributed by atoms with Crippen LogP contribution in [-0.2, 0) is 14.8 Å². The first-order valence-electron chi connectivity index (χ1n) is 8.04. The number of nitrogens with zero attached hydrogens (tertiary/aromatic N) is 2. The molecule has 0 saturated carbocycles. The second-order valence-electron chi connectivity index (χ2n) is 5.99. The van der Waals surface area contributed by atoms with Crippen LogP contribution in [0.5, 0.6) is 5.75 Å². The summed E-state index contributed by atoms with van der Waals surface area (Å²) in [6, 6.07) is 12.1. The summed E-state index contributed by atoms with van der Waals surface area (Å²) < 4.78 is 31.1. The Bertz CT molecular complexity index is 992. The number of carbonyl (C=O) groups is 1. The van der Waals surface area contributed by atoms with Gasteiger partial charge >= 0.3 is 0 Å². The van der Waals surface area contributed by atoms with Crippen LogP contribution in [-0.4, -0.2) is 38.2 Å². The lowest BCUT2D eigenvalue weighted by Gasteiger charge is -2.20. The third kappa shape index (κ3) is 4.17. The Morgan fingerprint density at radius 2 is 2.00 bits per heavy atom. The van der Waals surface area contributed by atoms with Crippen molar-refractivity contribution in [1.29, 1.82) is 0 Å². The van der Waals surface area contributed by atoms with Gasteiger partial charge < -0.3 is 10.1 Å². The van der Waals surface area contributed by atoms with E-state index in [1.807, 2.05) is 0 Å². The highest BCUT2D eigenvalue weighted by molar-refractivity contribution is 7.92. The fourth-order valence-electron chi connectivity index (χ4n) is 2.78. The first kappa shape index (κ1) is 18.6. The number of anilines is 2. The van der Waals surface area contributed by atoms with E-state index in [2.05, 4.69) is 5.32 Å². The fourth-order valence-corrected chi connectivity index (χ4v) is 3.72. The standard InChI is InChI=1S/C17H17N3O6S/c1-27(24,25)19-10-9-16(26-15-8-3-2-7-14(15)19)17(21)18-12-5-4-6-13(11-12)20(22)23/h2-8,11,16H,9-10H2,1H3,(H,18,21)/t16-/m0/s1. The van der Waals surface area contributed by atoms with Crippen molar-refractivity contribution in [3.8, 4) is 5.75 Å².